The number of methoxy groups -OCH3 is 1. The third kappa shape index (κ3) is 4.59. The van der Waals surface area contributed by atoms with Crippen LogP contribution in [0.25, 0.3) is 0 Å². The number of benzene rings is 1. The van der Waals surface area contributed by atoms with Crippen molar-refractivity contribution in [1.29, 1.82) is 0 Å². The lowest BCUT2D eigenvalue weighted by Gasteiger charge is -2.21. The first kappa shape index (κ1) is 18.4. The fraction of sp³-hybridized carbons (Fsp3) is 0.400. The molecule has 0 bridgehead atoms. The van der Waals surface area contributed by atoms with Gasteiger partial charge >= 0.3 is 0 Å². The summed E-state index contributed by atoms with van der Waals surface area (Å²) >= 11 is 0. The van der Waals surface area contributed by atoms with Crippen LogP contribution >= 0.6 is 0 Å². The average molecular weight is 354 g/mol. The Balaban J connectivity index is 1.54. The van der Waals surface area contributed by atoms with Gasteiger partial charge in [-0.05, 0) is 36.8 Å². The van der Waals surface area contributed by atoms with Crippen LogP contribution in [0.3, 0.4) is 0 Å². The molecule has 3 rings (SSSR count). The maximum Gasteiger partial charge on any atom is 0.220 e. The van der Waals surface area contributed by atoms with E-state index in [0.717, 1.165) is 23.4 Å². The molecule has 6 heteroatoms. The molecule has 0 spiro atoms. The molecule has 1 aromatic carbocycles. The van der Waals surface area contributed by atoms with Crippen LogP contribution in [0, 0.1) is 5.92 Å². The van der Waals surface area contributed by atoms with E-state index in [-0.39, 0.29) is 23.9 Å². The number of carbonyl (C=O) groups is 1. The Kier molecular flexibility index (Phi) is 6.20. The van der Waals surface area contributed by atoms with Crippen LogP contribution in [0.15, 0.2) is 48.7 Å². The molecule has 0 saturated carbocycles. The topological polar surface area (TPSA) is 75.3 Å². The Morgan fingerprint density at radius 3 is 2.69 bits per heavy atom. The summed E-state index contributed by atoms with van der Waals surface area (Å²) in [5, 5.41) is 3.01. The van der Waals surface area contributed by atoms with Crippen molar-refractivity contribution in [3.05, 3.63) is 59.9 Å². The molecule has 1 fully saturated rings. The van der Waals surface area contributed by atoms with E-state index in [1.807, 2.05) is 42.5 Å². The number of nitrogens with zero attached hydrogens (tertiary/aromatic N) is 1. The second-order valence-corrected chi connectivity index (χ2v) is 6.62. The summed E-state index contributed by atoms with van der Waals surface area (Å²) in [6, 6.07) is 14.1. The molecule has 26 heavy (non-hydrogen) atoms. The van der Waals surface area contributed by atoms with Crippen molar-refractivity contribution in [3.8, 4) is 5.75 Å². The van der Waals surface area contributed by atoms with Crippen molar-refractivity contribution >= 4 is 5.91 Å². The predicted molar refractivity (Wildman–Crippen MR) is 101 cm³/mol. The highest BCUT2D eigenvalue weighted by atomic mass is 16.5. The summed E-state index contributed by atoms with van der Waals surface area (Å²) in [5.74, 6) is 1.08. The molecule has 1 aliphatic heterocycles. The first-order chi connectivity index (χ1) is 12.7. The number of nitrogens with one attached hydrogen (secondary N) is 3. The third-order valence-electron chi connectivity index (χ3n) is 4.86. The maximum atomic E-state index is 12.4. The van der Waals surface area contributed by atoms with Crippen molar-refractivity contribution in [2.24, 2.45) is 5.92 Å². The fourth-order valence-electron chi connectivity index (χ4n) is 3.32. The average Bonchev–Trinajstić information content (AvgIpc) is 3.03. The molecule has 2 heterocycles. The Morgan fingerprint density at radius 1 is 1.19 bits per heavy atom. The lowest BCUT2D eigenvalue weighted by Crippen LogP contribution is -2.32. The van der Waals surface area contributed by atoms with Gasteiger partial charge in [0.15, 0.2) is 0 Å². The van der Waals surface area contributed by atoms with Gasteiger partial charge in [-0.2, -0.15) is 0 Å². The van der Waals surface area contributed by atoms with Gasteiger partial charge < -0.3 is 10.1 Å². The predicted octanol–water partition coefficient (Wildman–Crippen LogP) is 1.99. The minimum atomic E-state index is 0.0711. The van der Waals surface area contributed by atoms with E-state index < -0.39 is 0 Å². The quantitative estimate of drug-likeness (QED) is 0.709. The molecule has 1 aromatic heterocycles. The highest BCUT2D eigenvalue weighted by Gasteiger charge is 2.35. The summed E-state index contributed by atoms with van der Waals surface area (Å²) in [7, 11) is 1.66. The number of pyridine rings is 1. The molecule has 1 saturated heterocycles. The Bertz CT molecular complexity index is 706. The zero-order valence-corrected chi connectivity index (χ0v) is 15.2. The lowest BCUT2D eigenvalue weighted by molar-refractivity contribution is -0.122. The highest BCUT2D eigenvalue weighted by Crippen LogP contribution is 2.32. The van der Waals surface area contributed by atoms with Gasteiger partial charge in [0.1, 0.15) is 5.75 Å². The summed E-state index contributed by atoms with van der Waals surface area (Å²) in [6.07, 6.45) is 2.99. The SMILES string of the molecule is COc1ccc(C2NNC(C)C2CC(=O)NCCc2ccccn2)cc1. The van der Waals surface area contributed by atoms with E-state index in [1.165, 1.54) is 0 Å². The third-order valence-corrected chi connectivity index (χ3v) is 4.86. The molecule has 138 valence electrons. The first-order valence-corrected chi connectivity index (χ1v) is 8.99. The summed E-state index contributed by atoms with van der Waals surface area (Å²) < 4.78 is 5.22. The van der Waals surface area contributed by atoms with Crippen LogP contribution in [0.5, 0.6) is 5.75 Å². The van der Waals surface area contributed by atoms with Gasteiger partial charge in [0.25, 0.3) is 0 Å². The van der Waals surface area contributed by atoms with Gasteiger partial charge in [0, 0.05) is 43.2 Å². The molecular formula is C20H26N4O2. The standard InChI is InChI=1S/C20H26N4O2/c1-14-18(13-19(25)22-12-10-16-5-3-4-11-21-16)20(24-23-14)15-6-8-17(26-2)9-7-15/h3-9,11,14,18,20,23-24H,10,12-13H2,1-2H3,(H,22,25). The molecule has 6 nitrogen and oxygen atoms in total. The van der Waals surface area contributed by atoms with Crippen molar-refractivity contribution < 1.29 is 9.53 Å². The van der Waals surface area contributed by atoms with Crippen molar-refractivity contribution in [2.45, 2.75) is 31.8 Å². The summed E-state index contributed by atoms with van der Waals surface area (Å²) in [5.41, 5.74) is 8.71. The maximum absolute atomic E-state index is 12.4. The van der Waals surface area contributed by atoms with Crippen LogP contribution in [0.4, 0.5) is 0 Å². The van der Waals surface area contributed by atoms with E-state index in [9.17, 15) is 4.79 Å². The zero-order valence-electron chi connectivity index (χ0n) is 15.2. The molecule has 1 amide bonds. The largest absolute Gasteiger partial charge is 0.497 e. The van der Waals surface area contributed by atoms with Gasteiger partial charge in [0.2, 0.25) is 5.91 Å². The zero-order chi connectivity index (χ0) is 18.4. The van der Waals surface area contributed by atoms with E-state index >= 15 is 0 Å². The van der Waals surface area contributed by atoms with Crippen molar-refractivity contribution in [3.63, 3.8) is 0 Å². The molecule has 3 unspecified atom stereocenters. The molecule has 0 aliphatic carbocycles. The molecule has 3 N–H and O–H groups in total. The Morgan fingerprint density at radius 2 is 2.00 bits per heavy atom. The Hall–Kier alpha value is -2.44. The molecule has 0 radical (unpaired) electrons. The molecule has 3 atom stereocenters. The van der Waals surface area contributed by atoms with Crippen molar-refractivity contribution in [2.75, 3.05) is 13.7 Å². The Labute approximate surface area is 154 Å². The van der Waals surface area contributed by atoms with Crippen molar-refractivity contribution in [1.82, 2.24) is 21.2 Å². The number of hydrogen-bond donors (Lipinski definition) is 3. The minimum Gasteiger partial charge on any atom is -0.497 e. The molecular weight excluding hydrogens is 328 g/mol. The first-order valence-electron chi connectivity index (χ1n) is 8.99. The summed E-state index contributed by atoms with van der Waals surface area (Å²) in [6.45, 7) is 2.70. The second-order valence-electron chi connectivity index (χ2n) is 6.62. The van der Waals surface area contributed by atoms with E-state index in [2.05, 4.69) is 28.1 Å². The van der Waals surface area contributed by atoms with Crippen LogP contribution in [-0.4, -0.2) is 30.6 Å². The van der Waals surface area contributed by atoms with Crippen LogP contribution in [-0.2, 0) is 11.2 Å². The molecule has 1 aliphatic rings. The summed E-state index contributed by atoms with van der Waals surface area (Å²) in [4.78, 5) is 16.7. The number of aromatic nitrogens is 1. The van der Waals surface area contributed by atoms with Gasteiger partial charge in [-0.25, -0.2) is 5.43 Å². The van der Waals surface area contributed by atoms with E-state index in [4.69, 9.17) is 4.74 Å². The monoisotopic (exact) mass is 354 g/mol. The van der Waals surface area contributed by atoms with Gasteiger partial charge in [0.05, 0.1) is 13.2 Å². The van der Waals surface area contributed by atoms with E-state index in [1.54, 1.807) is 13.3 Å². The fourth-order valence-corrected chi connectivity index (χ4v) is 3.32. The minimum absolute atomic E-state index is 0.0711. The highest BCUT2D eigenvalue weighted by molar-refractivity contribution is 5.76. The number of hydrazine groups is 1. The van der Waals surface area contributed by atoms with Crippen LogP contribution in [0.2, 0.25) is 0 Å². The van der Waals surface area contributed by atoms with Crippen LogP contribution in [0.1, 0.15) is 30.6 Å². The van der Waals surface area contributed by atoms with E-state index in [0.29, 0.717) is 13.0 Å². The van der Waals surface area contributed by atoms with Gasteiger partial charge in [-0.1, -0.05) is 18.2 Å². The number of carbonyl (C=O) groups excluding carboxylic acids is 1. The normalized spacial score (nSPS) is 22.2. The number of hydrogen-bond acceptors (Lipinski definition) is 5. The number of ether oxygens (including phenoxy) is 1. The lowest BCUT2D eigenvalue weighted by atomic mass is 9.87. The second kappa shape index (κ2) is 8.78. The van der Waals surface area contributed by atoms with Crippen LogP contribution < -0.4 is 20.9 Å². The molecule has 2 aromatic rings. The van der Waals surface area contributed by atoms with Gasteiger partial charge in [-0.15, -0.1) is 0 Å². The number of rotatable bonds is 7. The number of amides is 1. The van der Waals surface area contributed by atoms with Gasteiger partial charge in [-0.3, -0.25) is 15.2 Å². The smallest absolute Gasteiger partial charge is 0.220 e.